The SMILES string of the molecule is O=C(NCc1cccnc1-n1ccnc1)NC1COc2c(Cl)cccc21. The van der Waals surface area contributed by atoms with Crippen molar-refractivity contribution in [1.29, 1.82) is 0 Å². The molecular formula is C18H16ClN5O2. The number of aromatic nitrogens is 3. The van der Waals surface area contributed by atoms with E-state index in [4.69, 9.17) is 16.3 Å². The number of rotatable bonds is 4. The number of amides is 2. The summed E-state index contributed by atoms with van der Waals surface area (Å²) in [4.78, 5) is 20.7. The molecule has 1 atom stereocenters. The predicted molar refractivity (Wildman–Crippen MR) is 96.4 cm³/mol. The number of urea groups is 1. The van der Waals surface area contributed by atoms with Crippen molar-refractivity contribution in [2.75, 3.05) is 6.61 Å². The number of ether oxygens (including phenoxy) is 1. The molecule has 1 aromatic carbocycles. The smallest absolute Gasteiger partial charge is 0.315 e. The molecule has 0 aliphatic carbocycles. The summed E-state index contributed by atoms with van der Waals surface area (Å²) in [5.41, 5.74) is 1.76. The van der Waals surface area contributed by atoms with Crippen molar-refractivity contribution in [3.8, 4) is 11.6 Å². The molecule has 1 unspecified atom stereocenters. The quantitative estimate of drug-likeness (QED) is 0.741. The zero-order valence-electron chi connectivity index (χ0n) is 13.7. The molecule has 2 N–H and O–H groups in total. The fraction of sp³-hybridized carbons (Fsp3) is 0.167. The van der Waals surface area contributed by atoms with Crippen molar-refractivity contribution in [3.63, 3.8) is 0 Å². The normalized spacial score (nSPS) is 15.2. The lowest BCUT2D eigenvalue weighted by atomic mass is 10.1. The summed E-state index contributed by atoms with van der Waals surface area (Å²) in [6, 6.07) is 8.74. The highest BCUT2D eigenvalue weighted by Gasteiger charge is 2.27. The molecule has 1 aliphatic rings. The summed E-state index contributed by atoms with van der Waals surface area (Å²) in [6.07, 6.45) is 6.86. The summed E-state index contributed by atoms with van der Waals surface area (Å²) in [6.45, 7) is 0.697. The van der Waals surface area contributed by atoms with Gasteiger partial charge in [-0.1, -0.05) is 29.8 Å². The van der Waals surface area contributed by atoms with Gasteiger partial charge in [-0.2, -0.15) is 0 Å². The molecule has 0 spiro atoms. The van der Waals surface area contributed by atoms with E-state index in [1.54, 1.807) is 29.4 Å². The molecule has 3 aromatic rings. The second-order valence-corrected chi connectivity index (χ2v) is 6.21. The number of carbonyl (C=O) groups excluding carboxylic acids is 1. The van der Waals surface area contributed by atoms with E-state index in [0.29, 0.717) is 23.9 Å². The summed E-state index contributed by atoms with van der Waals surface area (Å²) >= 11 is 6.11. The molecule has 8 heteroatoms. The zero-order chi connectivity index (χ0) is 17.9. The van der Waals surface area contributed by atoms with E-state index >= 15 is 0 Å². The first kappa shape index (κ1) is 16.4. The van der Waals surface area contributed by atoms with Crippen LogP contribution in [0, 0.1) is 0 Å². The Morgan fingerprint density at radius 3 is 3.08 bits per heavy atom. The largest absolute Gasteiger partial charge is 0.489 e. The molecule has 0 radical (unpaired) electrons. The summed E-state index contributed by atoms with van der Waals surface area (Å²) in [7, 11) is 0. The average molecular weight is 370 g/mol. The number of nitrogens with zero attached hydrogens (tertiary/aromatic N) is 3. The van der Waals surface area contributed by atoms with Crippen molar-refractivity contribution in [1.82, 2.24) is 25.2 Å². The monoisotopic (exact) mass is 369 g/mol. The van der Waals surface area contributed by atoms with Gasteiger partial charge in [0.05, 0.1) is 11.1 Å². The molecule has 2 aromatic heterocycles. The number of para-hydroxylation sites is 1. The lowest BCUT2D eigenvalue weighted by Crippen LogP contribution is -2.38. The summed E-state index contributed by atoms with van der Waals surface area (Å²) in [5, 5.41) is 6.32. The second-order valence-electron chi connectivity index (χ2n) is 5.80. The molecule has 0 bridgehead atoms. The van der Waals surface area contributed by atoms with Gasteiger partial charge >= 0.3 is 6.03 Å². The van der Waals surface area contributed by atoms with Gasteiger partial charge in [0.1, 0.15) is 24.5 Å². The number of halogens is 1. The zero-order valence-corrected chi connectivity index (χ0v) is 14.5. The van der Waals surface area contributed by atoms with E-state index in [0.717, 1.165) is 16.9 Å². The van der Waals surface area contributed by atoms with E-state index in [1.165, 1.54) is 0 Å². The number of imidazole rings is 1. The van der Waals surface area contributed by atoms with Crippen LogP contribution < -0.4 is 15.4 Å². The maximum absolute atomic E-state index is 12.3. The number of benzene rings is 1. The first-order chi connectivity index (χ1) is 12.7. The minimum atomic E-state index is -0.285. The van der Waals surface area contributed by atoms with Gasteiger partial charge < -0.3 is 15.4 Å². The Balaban J connectivity index is 1.41. The van der Waals surface area contributed by atoms with E-state index in [-0.39, 0.29) is 12.1 Å². The van der Waals surface area contributed by atoms with Crippen molar-refractivity contribution >= 4 is 17.6 Å². The first-order valence-electron chi connectivity index (χ1n) is 8.10. The maximum Gasteiger partial charge on any atom is 0.315 e. The van der Waals surface area contributed by atoms with Crippen LogP contribution in [-0.2, 0) is 6.54 Å². The molecule has 7 nitrogen and oxygen atoms in total. The highest BCUT2D eigenvalue weighted by atomic mass is 35.5. The van der Waals surface area contributed by atoms with E-state index in [1.807, 2.05) is 30.5 Å². The van der Waals surface area contributed by atoms with Gasteiger partial charge in [-0.15, -0.1) is 0 Å². The van der Waals surface area contributed by atoms with Crippen LogP contribution in [0.4, 0.5) is 4.79 Å². The van der Waals surface area contributed by atoms with Crippen LogP contribution in [0.15, 0.2) is 55.2 Å². The third kappa shape index (κ3) is 3.21. The number of hydrogen-bond donors (Lipinski definition) is 2. The summed E-state index contributed by atoms with van der Waals surface area (Å²) in [5.74, 6) is 1.36. The Hall–Kier alpha value is -3.06. The predicted octanol–water partition coefficient (Wildman–Crippen LogP) is 2.85. The van der Waals surface area contributed by atoms with Crippen LogP contribution >= 0.6 is 11.6 Å². The van der Waals surface area contributed by atoms with E-state index in [2.05, 4.69) is 20.6 Å². The van der Waals surface area contributed by atoms with Gasteiger partial charge in [-0.25, -0.2) is 14.8 Å². The minimum Gasteiger partial charge on any atom is -0.489 e. The molecule has 4 rings (SSSR count). The van der Waals surface area contributed by atoms with Crippen LogP contribution in [0.1, 0.15) is 17.2 Å². The second kappa shape index (κ2) is 7.05. The van der Waals surface area contributed by atoms with Gasteiger partial charge in [0.25, 0.3) is 0 Å². The number of nitrogens with one attached hydrogen (secondary N) is 2. The Labute approximate surface area is 155 Å². The number of fused-ring (bicyclic) bond motifs is 1. The Morgan fingerprint density at radius 1 is 1.31 bits per heavy atom. The number of hydrogen-bond acceptors (Lipinski definition) is 4. The summed E-state index contributed by atoms with van der Waals surface area (Å²) < 4.78 is 7.38. The fourth-order valence-corrected chi connectivity index (χ4v) is 3.13. The molecule has 3 heterocycles. The van der Waals surface area contributed by atoms with Gasteiger partial charge in [0, 0.05) is 36.3 Å². The van der Waals surface area contributed by atoms with Gasteiger partial charge in [0.15, 0.2) is 0 Å². The topological polar surface area (TPSA) is 81.1 Å². The molecule has 0 fully saturated rings. The van der Waals surface area contributed by atoms with Crippen LogP contribution in [0.25, 0.3) is 5.82 Å². The lowest BCUT2D eigenvalue weighted by molar-refractivity contribution is 0.231. The molecule has 1 aliphatic heterocycles. The molecular weight excluding hydrogens is 354 g/mol. The third-order valence-corrected chi connectivity index (χ3v) is 4.43. The minimum absolute atomic E-state index is 0.231. The lowest BCUT2D eigenvalue weighted by Gasteiger charge is -2.14. The average Bonchev–Trinajstić information content (AvgIpc) is 3.32. The standard InChI is InChI=1S/C18H16ClN5O2/c19-14-5-1-4-13-15(10-26-16(13)14)23-18(25)22-9-12-3-2-6-21-17(12)24-8-7-20-11-24/h1-8,11,15H,9-10H2,(H2,22,23,25). The fourth-order valence-electron chi connectivity index (χ4n) is 2.90. The number of carbonyl (C=O) groups is 1. The molecule has 132 valence electrons. The van der Waals surface area contributed by atoms with Gasteiger partial charge in [-0.3, -0.25) is 4.57 Å². The van der Waals surface area contributed by atoms with Gasteiger partial charge in [-0.05, 0) is 12.1 Å². The van der Waals surface area contributed by atoms with Crippen molar-refractivity contribution < 1.29 is 9.53 Å². The highest BCUT2D eigenvalue weighted by Crippen LogP contribution is 2.37. The van der Waals surface area contributed by atoms with Crippen LogP contribution in [0.3, 0.4) is 0 Å². The Bertz CT molecular complexity index is 929. The van der Waals surface area contributed by atoms with Crippen molar-refractivity contribution in [3.05, 3.63) is 71.4 Å². The van der Waals surface area contributed by atoms with Gasteiger partial charge in [0.2, 0.25) is 0 Å². The number of pyridine rings is 1. The Morgan fingerprint density at radius 2 is 2.23 bits per heavy atom. The third-order valence-electron chi connectivity index (χ3n) is 4.13. The molecule has 0 saturated carbocycles. The van der Waals surface area contributed by atoms with E-state index < -0.39 is 0 Å². The van der Waals surface area contributed by atoms with Crippen LogP contribution in [-0.4, -0.2) is 27.2 Å². The Kier molecular flexibility index (Phi) is 4.45. The first-order valence-corrected chi connectivity index (χ1v) is 8.48. The van der Waals surface area contributed by atoms with Crippen LogP contribution in [0.5, 0.6) is 5.75 Å². The maximum atomic E-state index is 12.3. The molecule has 2 amide bonds. The van der Waals surface area contributed by atoms with E-state index in [9.17, 15) is 4.79 Å². The van der Waals surface area contributed by atoms with Crippen molar-refractivity contribution in [2.45, 2.75) is 12.6 Å². The van der Waals surface area contributed by atoms with Crippen LogP contribution in [0.2, 0.25) is 5.02 Å². The highest BCUT2D eigenvalue weighted by molar-refractivity contribution is 6.32. The molecule has 26 heavy (non-hydrogen) atoms. The van der Waals surface area contributed by atoms with Crippen molar-refractivity contribution in [2.24, 2.45) is 0 Å². The molecule has 0 saturated heterocycles.